The highest BCUT2D eigenvalue weighted by Gasteiger charge is 2.27. The van der Waals surface area contributed by atoms with Crippen LogP contribution >= 0.6 is 0 Å². The predicted molar refractivity (Wildman–Crippen MR) is 104 cm³/mol. The van der Waals surface area contributed by atoms with Crippen molar-refractivity contribution in [1.82, 2.24) is 15.2 Å². The third kappa shape index (κ3) is 4.45. The molecule has 0 radical (unpaired) electrons. The minimum atomic E-state index is -0.279. The highest BCUT2D eigenvalue weighted by molar-refractivity contribution is 5.78. The molecule has 27 heavy (non-hydrogen) atoms. The summed E-state index contributed by atoms with van der Waals surface area (Å²) in [5.74, 6) is -0.415. The van der Waals surface area contributed by atoms with Crippen molar-refractivity contribution in [1.29, 1.82) is 0 Å². The van der Waals surface area contributed by atoms with Gasteiger partial charge in [-0.15, -0.1) is 0 Å². The van der Waals surface area contributed by atoms with Crippen LogP contribution in [0.25, 0.3) is 0 Å². The molecule has 0 aliphatic carbocycles. The number of nitrogens with one attached hydrogen (secondary N) is 1. The van der Waals surface area contributed by atoms with Crippen molar-refractivity contribution >= 4 is 11.9 Å². The van der Waals surface area contributed by atoms with E-state index in [0.717, 1.165) is 11.1 Å². The fraction of sp³-hybridized carbons (Fsp3) is 0.381. The molecule has 0 bridgehead atoms. The number of aryl methyl sites for hydroxylation is 2. The summed E-state index contributed by atoms with van der Waals surface area (Å²) in [6.07, 6.45) is 4.73. The van der Waals surface area contributed by atoms with Gasteiger partial charge in [-0.05, 0) is 55.0 Å². The van der Waals surface area contributed by atoms with E-state index in [1.165, 1.54) is 11.1 Å². The van der Waals surface area contributed by atoms with E-state index in [9.17, 15) is 9.59 Å². The number of carbonyl (C=O) groups is 2. The molecular weight excluding hydrogens is 340 g/mol. The van der Waals surface area contributed by atoms with Crippen molar-refractivity contribution in [2.75, 3.05) is 13.1 Å². The van der Waals surface area contributed by atoms with Gasteiger partial charge >= 0.3 is 6.03 Å². The summed E-state index contributed by atoms with van der Waals surface area (Å²) >= 11 is 0. The fourth-order valence-corrected chi connectivity index (χ4v) is 3.43. The van der Waals surface area contributed by atoms with Crippen LogP contribution in [0.1, 0.15) is 41.1 Å². The van der Waals surface area contributed by atoms with Gasteiger partial charge in [0.25, 0.3) is 0 Å². The summed E-state index contributed by atoms with van der Waals surface area (Å²) in [7, 11) is 0. The van der Waals surface area contributed by atoms with Crippen LogP contribution in [0.3, 0.4) is 0 Å². The molecule has 1 saturated heterocycles. The van der Waals surface area contributed by atoms with E-state index in [1.54, 1.807) is 17.3 Å². The molecule has 0 spiro atoms. The first-order valence-corrected chi connectivity index (χ1v) is 9.27. The van der Waals surface area contributed by atoms with Gasteiger partial charge in [0.15, 0.2) is 0 Å². The van der Waals surface area contributed by atoms with E-state index < -0.39 is 0 Å². The zero-order chi connectivity index (χ0) is 19.4. The molecule has 0 saturated carbocycles. The van der Waals surface area contributed by atoms with Gasteiger partial charge in [0.05, 0.1) is 6.04 Å². The normalized spacial score (nSPS) is 16.0. The van der Waals surface area contributed by atoms with E-state index in [0.29, 0.717) is 25.9 Å². The lowest BCUT2D eigenvalue weighted by Crippen LogP contribution is -2.47. The molecule has 142 valence electrons. The Labute approximate surface area is 159 Å². The van der Waals surface area contributed by atoms with Crippen LogP contribution in [0.4, 0.5) is 4.79 Å². The zero-order valence-corrected chi connectivity index (χ0v) is 15.8. The van der Waals surface area contributed by atoms with E-state index in [1.807, 2.05) is 18.2 Å². The molecule has 3 rings (SSSR count). The zero-order valence-electron chi connectivity index (χ0n) is 15.8. The van der Waals surface area contributed by atoms with Crippen LogP contribution in [-0.4, -0.2) is 34.9 Å². The Morgan fingerprint density at radius 3 is 2.48 bits per heavy atom. The lowest BCUT2D eigenvalue weighted by Gasteiger charge is -2.32. The van der Waals surface area contributed by atoms with Crippen LogP contribution in [0.2, 0.25) is 0 Å². The second-order valence-corrected chi connectivity index (χ2v) is 7.18. The SMILES string of the molecule is Cc1ccc([C@H](NC(=O)N2CCC(C(N)=O)CC2)c2cccnc2)cc1C. The number of likely N-dealkylation sites (tertiary alicyclic amines) is 1. The Morgan fingerprint density at radius 2 is 1.89 bits per heavy atom. The third-order valence-corrected chi connectivity index (χ3v) is 5.33. The number of piperidine rings is 1. The number of carbonyl (C=O) groups excluding carboxylic acids is 2. The smallest absolute Gasteiger partial charge is 0.318 e. The Kier molecular flexibility index (Phi) is 5.74. The van der Waals surface area contributed by atoms with Crippen LogP contribution in [0.15, 0.2) is 42.7 Å². The van der Waals surface area contributed by atoms with Crippen molar-refractivity contribution in [2.24, 2.45) is 11.7 Å². The maximum absolute atomic E-state index is 12.9. The van der Waals surface area contributed by atoms with Gasteiger partial charge in [-0.25, -0.2) is 4.79 Å². The number of rotatable bonds is 4. The lowest BCUT2D eigenvalue weighted by atomic mass is 9.95. The number of primary amides is 1. The molecule has 1 aliphatic heterocycles. The largest absolute Gasteiger partial charge is 0.369 e. The Bertz CT molecular complexity index is 814. The maximum Gasteiger partial charge on any atom is 0.318 e. The molecule has 1 fully saturated rings. The number of nitrogens with two attached hydrogens (primary N) is 1. The molecule has 1 aromatic heterocycles. The number of pyridine rings is 1. The summed E-state index contributed by atoms with van der Waals surface area (Å²) in [5, 5.41) is 3.14. The molecule has 1 atom stereocenters. The quantitative estimate of drug-likeness (QED) is 0.872. The van der Waals surface area contributed by atoms with Gasteiger partial charge in [-0.3, -0.25) is 9.78 Å². The fourth-order valence-electron chi connectivity index (χ4n) is 3.43. The topological polar surface area (TPSA) is 88.3 Å². The van der Waals surface area contributed by atoms with Gasteiger partial charge in [-0.1, -0.05) is 24.3 Å². The van der Waals surface area contributed by atoms with Crippen molar-refractivity contribution in [3.05, 3.63) is 65.0 Å². The molecule has 0 unspecified atom stereocenters. The molecule has 1 aliphatic rings. The minimum Gasteiger partial charge on any atom is -0.369 e. The number of aromatic nitrogens is 1. The molecule has 3 N–H and O–H groups in total. The number of urea groups is 1. The van der Waals surface area contributed by atoms with Gasteiger partial charge in [0, 0.05) is 31.4 Å². The molecule has 6 heteroatoms. The van der Waals surface area contributed by atoms with E-state index in [-0.39, 0.29) is 23.9 Å². The average Bonchev–Trinajstić information content (AvgIpc) is 2.69. The Hall–Kier alpha value is -2.89. The van der Waals surface area contributed by atoms with Crippen LogP contribution in [0.5, 0.6) is 0 Å². The van der Waals surface area contributed by atoms with Gasteiger partial charge in [0.2, 0.25) is 5.91 Å². The summed E-state index contributed by atoms with van der Waals surface area (Å²) in [5.41, 5.74) is 9.72. The summed E-state index contributed by atoms with van der Waals surface area (Å²) in [6, 6.07) is 9.63. The van der Waals surface area contributed by atoms with E-state index >= 15 is 0 Å². The highest BCUT2D eigenvalue weighted by Crippen LogP contribution is 2.25. The third-order valence-electron chi connectivity index (χ3n) is 5.33. The number of hydrogen-bond acceptors (Lipinski definition) is 3. The second kappa shape index (κ2) is 8.20. The molecule has 1 aromatic carbocycles. The van der Waals surface area contributed by atoms with Gasteiger partial charge < -0.3 is 16.0 Å². The van der Waals surface area contributed by atoms with Gasteiger partial charge in [0.1, 0.15) is 0 Å². The number of benzene rings is 1. The van der Waals surface area contributed by atoms with Crippen molar-refractivity contribution in [2.45, 2.75) is 32.7 Å². The van der Waals surface area contributed by atoms with E-state index in [2.05, 4.69) is 36.3 Å². The summed E-state index contributed by atoms with van der Waals surface area (Å²) in [6.45, 7) is 5.20. The standard InChI is InChI=1S/C21H26N4O2/c1-14-5-6-17(12-15(14)2)19(18-4-3-9-23-13-18)24-21(27)25-10-7-16(8-11-25)20(22)26/h3-6,9,12-13,16,19H,7-8,10-11H2,1-2H3,(H2,22,26)(H,24,27)/t19-/m0/s1. The first-order chi connectivity index (χ1) is 13.0. The van der Waals surface area contributed by atoms with Crippen molar-refractivity contribution < 1.29 is 9.59 Å². The molecule has 2 aromatic rings. The number of amides is 3. The molecule has 6 nitrogen and oxygen atoms in total. The summed E-state index contributed by atoms with van der Waals surface area (Å²) < 4.78 is 0. The highest BCUT2D eigenvalue weighted by atomic mass is 16.2. The van der Waals surface area contributed by atoms with E-state index in [4.69, 9.17) is 5.73 Å². The summed E-state index contributed by atoms with van der Waals surface area (Å²) in [4.78, 5) is 30.2. The Balaban J connectivity index is 1.79. The van der Waals surface area contributed by atoms with Crippen molar-refractivity contribution in [3.8, 4) is 0 Å². The molecule has 3 amide bonds. The first-order valence-electron chi connectivity index (χ1n) is 9.27. The number of hydrogen-bond donors (Lipinski definition) is 2. The van der Waals surface area contributed by atoms with Gasteiger partial charge in [-0.2, -0.15) is 0 Å². The Morgan fingerprint density at radius 1 is 1.15 bits per heavy atom. The number of nitrogens with zero attached hydrogens (tertiary/aromatic N) is 2. The minimum absolute atomic E-state index is 0.134. The van der Waals surface area contributed by atoms with Crippen LogP contribution < -0.4 is 11.1 Å². The van der Waals surface area contributed by atoms with Crippen molar-refractivity contribution in [3.63, 3.8) is 0 Å². The van der Waals surface area contributed by atoms with Crippen LogP contribution in [0, 0.1) is 19.8 Å². The maximum atomic E-state index is 12.9. The van der Waals surface area contributed by atoms with Crippen LogP contribution in [-0.2, 0) is 4.79 Å². The second-order valence-electron chi connectivity index (χ2n) is 7.18. The predicted octanol–water partition coefficient (Wildman–Crippen LogP) is 2.69. The average molecular weight is 366 g/mol. The molecular formula is C21H26N4O2. The molecule has 2 heterocycles. The lowest BCUT2D eigenvalue weighted by molar-refractivity contribution is -0.123. The first kappa shape index (κ1) is 18.9. The monoisotopic (exact) mass is 366 g/mol.